The lowest BCUT2D eigenvalue weighted by atomic mass is 9.81. The van der Waals surface area contributed by atoms with Gasteiger partial charge in [0.1, 0.15) is 0 Å². The second-order valence-corrected chi connectivity index (χ2v) is 4.21. The maximum absolute atomic E-state index is 3.99. The molecule has 0 bridgehead atoms. The SMILES string of the molecule is C=C(NC)C(C)(C)CC(C)C. The van der Waals surface area contributed by atoms with Crippen LogP contribution in [0.5, 0.6) is 0 Å². The van der Waals surface area contributed by atoms with Crippen LogP contribution >= 0.6 is 0 Å². The maximum atomic E-state index is 3.99. The van der Waals surface area contributed by atoms with Gasteiger partial charge in [-0.1, -0.05) is 34.3 Å². The molecule has 0 rings (SSSR count). The van der Waals surface area contributed by atoms with E-state index >= 15 is 0 Å². The van der Waals surface area contributed by atoms with E-state index in [1.165, 1.54) is 6.42 Å². The van der Waals surface area contributed by atoms with Gasteiger partial charge >= 0.3 is 0 Å². The molecule has 0 heterocycles. The molecule has 0 saturated carbocycles. The lowest BCUT2D eigenvalue weighted by Crippen LogP contribution is -2.24. The Kier molecular flexibility index (Phi) is 3.64. The fourth-order valence-corrected chi connectivity index (χ4v) is 1.48. The fraction of sp³-hybridized carbons (Fsp3) is 0.800. The zero-order valence-corrected chi connectivity index (χ0v) is 8.49. The third-order valence-electron chi connectivity index (χ3n) is 2.04. The Hall–Kier alpha value is -0.460. The van der Waals surface area contributed by atoms with Gasteiger partial charge in [0, 0.05) is 18.2 Å². The molecule has 0 spiro atoms. The Bertz CT molecular complexity index is 134. The van der Waals surface area contributed by atoms with Crippen LogP contribution in [-0.4, -0.2) is 7.05 Å². The number of rotatable bonds is 4. The summed E-state index contributed by atoms with van der Waals surface area (Å²) in [6.45, 7) is 12.9. The lowest BCUT2D eigenvalue weighted by molar-refractivity contribution is 0.331. The smallest absolute Gasteiger partial charge is 0.00885 e. The van der Waals surface area contributed by atoms with Gasteiger partial charge < -0.3 is 5.32 Å². The van der Waals surface area contributed by atoms with Gasteiger partial charge in [-0.2, -0.15) is 0 Å². The van der Waals surface area contributed by atoms with E-state index in [9.17, 15) is 0 Å². The predicted octanol–water partition coefficient (Wildman–Crippen LogP) is 2.79. The number of nitrogens with one attached hydrogen (secondary N) is 1. The van der Waals surface area contributed by atoms with Gasteiger partial charge in [-0.3, -0.25) is 0 Å². The van der Waals surface area contributed by atoms with E-state index in [0.717, 1.165) is 11.6 Å². The van der Waals surface area contributed by atoms with Crippen LogP contribution in [0.25, 0.3) is 0 Å². The van der Waals surface area contributed by atoms with E-state index < -0.39 is 0 Å². The van der Waals surface area contributed by atoms with Crippen molar-refractivity contribution in [1.29, 1.82) is 0 Å². The molecule has 0 radical (unpaired) electrons. The van der Waals surface area contributed by atoms with Crippen LogP contribution < -0.4 is 5.32 Å². The van der Waals surface area contributed by atoms with E-state index in [1.807, 2.05) is 7.05 Å². The van der Waals surface area contributed by atoms with E-state index in [4.69, 9.17) is 0 Å². The molecule has 1 nitrogen and oxygen atoms in total. The Balaban J connectivity index is 4.09. The van der Waals surface area contributed by atoms with Gasteiger partial charge in [-0.15, -0.1) is 0 Å². The van der Waals surface area contributed by atoms with Gasteiger partial charge in [0.15, 0.2) is 0 Å². The van der Waals surface area contributed by atoms with Gasteiger partial charge in [-0.25, -0.2) is 0 Å². The molecule has 0 aliphatic rings. The molecule has 1 heteroatoms. The summed E-state index contributed by atoms with van der Waals surface area (Å²) in [4.78, 5) is 0. The fourth-order valence-electron chi connectivity index (χ4n) is 1.48. The highest BCUT2D eigenvalue weighted by Crippen LogP contribution is 2.30. The molecule has 1 N–H and O–H groups in total. The summed E-state index contributed by atoms with van der Waals surface area (Å²) in [7, 11) is 1.93. The second kappa shape index (κ2) is 3.80. The summed E-state index contributed by atoms with van der Waals surface area (Å²) in [6, 6.07) is 0. The molecule has 0 atom stereocenters. The Morgan fingerprint density at radius 2 is 1.91 bits per heavy atom. The van der Waals surface area contributed by atoms with Crippen molar-refractivity contribution in [2.24, 2.45) is 11.3 Å². The summed E-state index contributed by atoms with van der Waals surface area (Å²) in [6.07, 6.45) is 1.19. The first kappa shape index (κ1) is 10.5. The first-order valence-corrected chi connectivity index (χ1v) is 4.27. The molecule has 0 fully saturated rings. The number of hydrogen-bond donors (Lipinski definition) is 1. The van der Waals surface area contributed by atoms with Gasteiger partial charge in [0.2, 0.25) is 0 Å². The van der Waals surface area contributed by atoms with Crippen molar-refractivity contribution in [3.63, 3.8) is 0 Å². The molecular weight excluding hydrogens is 134 g/mol. The summed E-state index contributed by atoms with van der Waals surface area (Å²) in [5, 5.41) is 3.12. The summed E-state index contributed by atoms with van der Waals surface area (Å²) >= 11 is 0. The van der Waals surface area contributed by atoms with E-state index in [-0.39, 0.29) is 5.41 Å². The Labute approximate surface area is 70.9 Å². The Morgan fingerprint density at radius 1 is 1.45 bits per heavy atom. The molecule has 0 aromatic carbocycles. The summed E-state index contributed by atoms with van der Waals surface area (Å²) in [5.74, 6) is 0.732. The van der Waals surface area contributed by atoms with Crippen molar-refractivity contribution in [1.82, 2.24) is 5.32 Å². The maximum Gasteiger partial charge on any atom is 0.00885 e. The summed E-state index contributed by atoms with van der Waals surface area (Å²) < 4.78 is 0. The average molecular weight is 155 g/mol. The molecule has 0 saturated heterocycles. The van der Waals surface area contributed by atoms with Crippen LogP contribution in [-0.2, 0) is 0 Å². The molecule has 0 aromatic rings. The molecule has 66 valence electrons. The third kappa shape index (κ3) is 3.45. The Morgan fingerprint density at radius 3 is 2.18 bits per heavy atom. The monoisotopic (exact) mass is 155 g/mol. The minimum atomic E-state index is 0.225. The number of allylic oxidation sites excluding steroid dienone is 1. The predicted molar refractivity (Wildman–Crippen MR) is 51.4 cm³/mol. The molecule has 11 heavy (non-hydrogen) atoms. The highest BCUT2D eigenvalue weighted by molar-refractivity contribution is 5.03. The molecule has 0 unspecified atom stereocenters. The zero-order valence-electron chi connectivity index (χ0n) is 8.49. The highest BCUT2D eigenvalue weighted by Gasteiger charge is 2.21. The van der Waals surface area contributed by atoms with Crippen LogP contribution in [0.3, 0.4) is 0 Å². The lowest BCUT2D eigenvalue weighted by Gasteiger charge is -2.28. The van der Waals surface area contributed by atoms with Crippen molar-refractivity contribution in [2.45, 2.75) is 34.1 Å². The van der Waals surface area contributed by atoms with Crippen molar-refractivity contribution in [2.75, 3.05) is 7.05 Å². The van der Waals surface area contributed by atoms with E-state index in [2.05, 4.69) is 39.6 Å². The van der Waals surface area contributed by atoms with Crippen molar-refractivity contribution in [3.8, 4) is 0 Å². The number of hydrogen-bond acceptors (Lipinski definition) is 1. The quantitative estimate of drug-likeness (QED) is 0.658. The second-order valence-electron chi connectivity index (χ2n) is 4.21. The largest absolute Gasteiger partial charge is 0.391 e. The molecule has 0 aromatic heterocycles. The molecule has 0 aliphatic carbocycles. The van der Waals surface area contributed by atoms with Crippen LogP contribution in [0.1, 0.15) is 34.1 Å². The van der Waals surface area contributed by atoms with Crippen molar-refractivity contribution < 1.29 is 0 Å². The standard InChI is InChI=1S/C10H21N/c1-8(2)7-10(4,5)9(3)11-6/h8,11H,3,7H2,1-2,4-6H3. The topological polar surface area (TPSA) is 12.0 Å². The van der Waals surface area contributed by atoms with Crippen molar-refractivity contribution in [3.05, 3.63) is 12.3 Å². The van der Waals surface area contributed by atoms with Crippen LogP contribution in [0.4, 0.5) is 0 Å². The minimum absolute atomic E-state index is 0.225. The normalized spacial score (nSPS) is 11.8. The first-order valence-electron chi connectivity index (χ1n) is 4.27. The zero-order chi connectivity index (χ0) is 9.07. The summed E-state index contributed by atoms with van der Waals surface area (Å²) in [5.41, 5.74) is 1.36. The van der Waals surface area contributed by atoms with E-state index in [1.54, 1.807) is 0 Å². The van der Waals surface area contributed by atoms with E-state index in [0.29, 0.717) is 0 Å². The molecule has 0 aliphatic heterocycles. The minimum Gasteiger partial charge on any atom is -0.391 e. The van der Waals surface area contributed by atoms with Gasteiger partial charge in [0.05, 0.1) is 0 Å². The van der Waals surface area contributed by atoms with Crippen LogP contribution in [0, 0.1) is 11.3 Å². The highest BCUT2D eigenvalue weighted by atomic mass is 14.8. The molecule has 0 amide bonds. The van der Waals surface area contributed by atoms with Crippen LogP contribution in [0.2, 0.25) is 0 Å². The average Bonchev–Trinajstić information content (AvgIpc) is 1.83. The van der Waals surface area contributed by atoms with Gasteiger partial charge in [0.25, 0.3) is 0 Å². The van der Waals surface area contributed by atoms with Gasteiger partial charge in [-0.05, 0) is 12.3 Å². The third-order valence-corrected chi connectivity index (χ3v) is 2.04. The van der Waals surface area contributed by atoms with Crippen LogP contribution in [0.15, 0.2) is 12.3 Å². The first-order chi connectivity index (χ1) is 4.90. The molecular formula is C10H21N. The van der Waals surface area contributed by atoms with Crippen molar-refractivity contribution >= 4 is 0 Å².